The first-order chi connectivity index (χ1) is 9.27. The molecule has 0 saturated carbocycles. The maximum Gasteiger partial charge on any atom is 0.273 e. The summed E-state index contributed by atoms with van der Waals surface area (Å²) in [6.45, 7) is 9.50. The molecule has 2 amide bonds. The van der Waals surface area contributed by atoms with E-state index in [1.165, 1.54) is 18.3 Å². The number of nitrogens with zero attached hydrogens (tertiary/aromatic N) is 2. The molecule has 1 aromatic rings. The summed E-state index contributed by atoms with van der Waals surface area (Å²) in [6, 6.07) is 0. The number of carbonyl (C=O) groups is 2. The van der Waals surface area contributed by atoms with Gasteiger partial charge < -0.3 is 10.2 Å². The first-order valence-corrected chi connectivity index (χ1v) is 7.67. The molecule has 0 unspecified atom stereocenters. The van der Waals surface area contributed by atoms with Crippen molar-refractivity contribution in [1.29, 1.82) is 0 Å². The lowest BCUT2D eigenvalue weighted by Crippen LogP contribution is -2.47. The molecule has 1 fully saturated rings. The molecule has 0 aliphatic carbocycles. The molecule has 1 N–H and O–H groups in total. The molecule has 6 heteroatoms. The van der Waals surface area contributed by atoms with Crippen LogP contribution in [0.4, 0.5) is 5.13 Å². The summed E-state index contributed by atoms with van der Waals surface area (Å²) in [5.74, 6) is 0.278. The SMILES string of the molecule is CC(=O)Nc1nc(C(=O)N2C[C@@H](C)CC(C)(C)C2)cs1. The van der Waals surface area contributed by atoms with Crippen LogP contribution in [0.25, 0.3) is 0 Å². The lowest BCUT2D eigenvalue weighted by atomic mass is 9.79. The van der Waals surface area contributed by atoms with Crippen molar-refractivity contribution in [2.75, 3.05) is 18.4 Å². The molecule has 0 bridgehead atoms. The van der Waals surface area contributed by atoms with Gasteiger partial charge in [-0.1, -0.05) is 20.8 Å². The maximum atomic E-state index is 12.5. The molecule has 0 spiro atoms. The van der Waals surface area contributed by atoms with Crippen molar-refractivity contribution in [3.8, 4) is 0 Å². The highest BCUT2D eigenvalue weighted by Crippen LogP contribution is 2.32. The number of likely N-dealkylation sites (tertiary alicyclic amines) is 1. The first kappa shape index (κ1) is 15.0. The van der Waals surface area contributed by atoms with Crippen LogP contribution in [-0.4, -0.2) is 34.8 Å². The molecule has 110 valence electrons. The van der Waals surface area contributed by atoms with Crippen LogP contribution in [0, 0.1) is 11.3 Å². The van der Waals surface area contributed by atoms with E-state index >= 15 is 0 Å². The lowest BCUT2D eigenvalue weighted by molar-refractivity contribution is -0.114. The van der Waals surface area contributed by atoms with E-state index in [1.54, 1.807) is 5.38 Å². The number of rotatable bonds is 2. The molecule has 2 heterocycles. The van der Waals surface area contributed by atoms with Crippen LogP contribution >= 0.6 is 11.3 Å². The van der Waals surface area contributed by atoms with Crippen LogP contribution in [0.15, 0.2) is 5.38 Å². The minimum absolute atomic E-state index is 0.0440. The van der Waals surface area contributed by atoms with Crippen molar-refractivity contribution < 1.29 is 9.59 Å². The van der Waals surface area contributed by atoms with Gasteiger partial charge in [-0.05, 0) is 17.8 Å². The van der Waals surface area contributed by atoms with Gasteiger partial charge in [-0.3, -0.25) is 9.59 Å². The molecule has 1 saturated heterocycles. The van der Waals surface area contributed by atoms with E-state index in [4.69, 9.17) is 0 Å². The summed E-state index contributed by atoms with van der Waals surface area (Å²) in [5.41, 5.74) is 0.563. The van der Waals surface area contributed by atoms with Crippen LogP contribution in [0.5, 0.6) is 0 Å². The fourth-order valence-corrected chi connectivity index (χ4v) is 3.66. The van der Waals surface area contributed by atoms with Crippen LogP contribution in [0.3, 0.4) is 0 Å². The molecule has 2 rings (SSSR count). The highest BCUT2D eigenvalue weighted by Gasteiger charge is 2.33. The summed E-state index contributed by atoms with van der Waals surface area (Å²) < 4.78 is 0. The Morgan fingerprint density at radius 1 is 1.50 bits per heavy atom. The van der Waals surface area contributed by atoms with Gasteiger partial charge in [0.2, 0.25) is 5.91 Å². The second kappa shape index (κ2) is 5.52. The summed E-state index contributed by atoms with van der Waals surface area (Å²) in [5, 5.41) is 4.79. The number of carbonyl (C=O) groups excluding carboxylic acids is 2. The fraction of sp³-hybridized carbons (Fsp3) is 0.643. The molecular weight excluding hydrogens is 274 g/mol. The largest absolute Gasteiger partial charge is 0.336 e. The Hall–Kier alpha value is -1.43. The Morgan fingerprint density at radius 3 is 2.80 bits per heavy atom. The molecule has 1 atom stereocenters. The predicted molar refractivity (Wildman–Crippen MR) is 79.9 cm³/mol. The summed E-state index contributed by atoms with van der Waals surface area (Å²) in [4.78, 5) is 29.5. The highest BCUT2D eigenvalue weighted by molar-refractivity contribution is 7.14. The van der Waals surface area contributed by atoms with Gasteiger partial charge in [0.25, 0.3) is 5.91 Å². The molecule has 1 aliphatic rings. The Balaban J connectivity index is 2.10. The zero-order chi connectivity index (χ0) is 14.9. The number of nitrogens with one attached hydrogen (secondary N) is 1. The minimum atomic E-state index is -0.175. The smallest absolute Gasteiger partial charge is 0.273 e. The zero-order valence-electron chi connectivity index (χ0n) is 12.4. The van der Waals surface area contributed by atoms with Crippen molar-refractivity contribution in [3.05, 3.63) is 11.1 Å². The predicted octanol–water partition coefficient (Wildman–Crippen LogP) is 2.61. The van der Waals surface area contributed by atoms with E-state index in [2.05, 4.69) is 31.1 Å². The number of thiazole rings is 1. The van der Waals surface area contributed by atoms with Gasteiger partial charge in [0.15, 0.2) is 5.13 Å². The quantitative estimate of drug-likeness (QED) is 0.912. The third-order valence-corrected chi connectivity index (χ3v) is 4.10. The number of anilines is 1. The summed E-state index contributed by atoms with van der Waals surface area (Å²) in [7, 11) is 0. The number of amides is 2. The second-order valence-electron chi connectivity index (χ2n) is 6.38. The molecule has 20 heavy (non-hydrogen) atoms. The number of piperidine rings is 1. The van der Waals surface area contributed by atoms with Gasteiger partial charge in [-0.2, -0.15) is 0 Å². The van der Waals surface area contributed by atoms with Crippen molar-refractivity contribution in [3.63, 3.8) is 0 Å². The number of hydrogen-bond acceptors (Lipinski definition) is 4. The second-order valence-corrected chi connectivity index (χ2v) is 7.24. The van der Waals surface area contributed by atoms with Crippen LogP contribution in [-0.2, 0) is 4.79 Å². The Morgan fingerprint density at radius 2 is 2.20 bits per heavy atom. The standard InChI is InChI=1S/C14H21N3O2S/c1-9-5-14(3,4)8-17(6-9)12(19)11-7-20-13(16-11)15-10(2)18/h7,9H,5-6,8H2,1-4H3,(H,15,16,18)/t9-/m0/s1. The molecule has 5 nitrogen and oxygen atoms in total. The van der Waals surface area contributed by atoms with Gasteiger partial charge in [0, 0.05) is 25.4 Å². The minimum Gasteiger partial charge on any atom is -0.336 e. The van der Waals surface area contributed by atoms with Gasteiger partial charge in [0.05, 0.1) is 0 Å². The Kier molecular flexibility index (Phi) is 4.13. The maximum absolute atomic E-state index is 12.5. The summed E-state index contributed by atoms with van der Waals surface area (Å²) >= 11 is 1.28. The van der Waals surface area contributed by atoms with Gasteiger partial charge >= 0.3 is 0 Å². The van der Waals surface area contributed by atoms with E-state index in [0.717, 1.165) is 19.5 Å². The average Bonchev–Trinajstić information content (AvgIpc) is 2.72. The monoisotopic (exact) mass is 295 g/mol. The molecule has 0 aromatic carbocycles. The van der Waals surface area contributed by atoms with Crippen LogP contribution < -0.4 is 5.32 Å². The van der Waals surface area contributed by atoms with Gasteiger partial charge in [-0.25, -0.2) is 4.98 Å². The van der Waals surface area contributed by atoms with Crippen molar-refractivity contribution in [2.24, 2.45) is 11.3 Å². The average molecular weight is 295 g/mol. The molecule has 1 aliphatic heterocycles. The third-order valence-electron chi connectivity index (χ3n) is 3.35. The molecular formula is C14H21N3O2S. The van der Waals surface area contributed by atoms with Gasteiger partial charge in [0.1, 0.15) is 5.69 Å². The van der Waals surface area contributed by atoms with E-state index in [1.807, 2.05) is 4.90 Å². The van der Waals surface area contributed by atoms with E-state index < -0.39 is 0 Å². The fourth-order valence-electron chi connectivity index (χ4n) is 2.93. The highest BCUT2D eigenvalue weighted by atomic mass is 32.1. The lowest BCUT2D eigenvalue weighted by Gasteiger charge is -2.41. The zero-order valence-corrected chi connectivity index (χ0v) is 13.2. The first-order valence-electron chi connectivity index (χ1n) is 6.79. The van der Waals surface area contributed by atoms with Crippen molar-refractivity contribution in [1.82, 2.24) is 9.88 Å². The molecule has 1 aromatic heterocycles. The number of aromatic nitrogens is 1. The topological polar surface area (TPSA) is 62.3 Å². The van der Waals surface area contributed by atoms with Crippen LogP contribution in [0.2, 0.25) is 0 Å². The normalized spacial score (nSPS) is 21.6. The van der Waals surface area contributed by atoms with Crippen LogP contribution in [0.1, 0.15) is 44.6 Å². The summed E-state index contributed by atoms with van der Waals surface area (Å²) in [6.07, 6.45) is 1.13. The van der Waals surface area contributed by atoms with Crippen molar-refractivity contribution in [2.45, 2.75) is 34.1 Å². The third kappa shape index (κ3) is 3.56. The van der Waals surface area contributed by atoms with E-state index in [0.29, 0.717) is 16.7 Å². The van der Waals surface area contributed by atoms with Gasteiger partial charge in [-0.15, -0.1) is 11.3 Å². The van der Waals surface area contributed by atoms with E-state index in [9.17, 15) is 9.59 Å². The Bertz CT molecular complexity index is 524. The number of hydrogen-bond donors (Lipinski definition) is 1. The Labute approximate surface area is 123 Å². The van der Waals surface area contributed by atoms with Crippen molar-refractivity contribution >= 4 is 28.3 Å². The van der Waals surface area contributed by atoms with E-state index in [-0.39, 0.29) is 17.2 Å². The molecule has 0 radical (unpaired) electrons.